The maximum atomic E-state index is 12.9. The van der Waals surface area contributed by atoms with E-state index >= 15 is 0 Å². The van der Waals surface area contributed by atoms with Crippen LogP contribution in [0, 0.1) is 6.92 Å². The van der Waals surface area contributed by atoms with E-state index in [1.165, 1.54) is 5.56 Å². The maximum Gasteiger partial charge on any atom is 0.252 e. The van der Waals surface area contributed by atoms with E-state index in [4.69, 9.17) is 0 Å². The number of rotatable bonds is 6. The molecule has 0 bridgehead atoms. The third-order valence-corrected chi connectivity index (χ3v) is 5.31. The highest BCUT2D eigenvalue weighted by Crippen LogP contribution is 2.23. The average Bonchev–Trinajstić information content (AvgIpc) is 3.36. The van der Waals surface area contributed by atoms with Crippen LogP contribution in [0.4, 0.5) is 0 Å². The molecule has 0 aliphatic heterocycles. The van der Waals surface area contributed by atoms with Crippen molar-refractivity contribution >= 4 is 34.5 Å². The predicted octanol–water partition coefficient (Wildman–Crippen LogP) is 4.00. The molecular formula is C22H20N4OS. The lowest BCUT2D eigenvalue weighted by molar-refractivity contribution is -0.115. The largest absolute Gasteiger partial charge is 0.352 e. The molecule has 1 amide bonds. The lowest BCUT2D eigenvalue weighted by atomic mass is 10.1. The minimum absolute atomic E-state index is 0.0854. The van der Waals surface area contributed by atoms with E-state index in [1.54, 1.807) is 11.3 Å². The van der Waals surface area contributed by atoms with Crippen molar-refractivity contribution in [3.8, 4) is 0 Å². The van der Waals surface area contributed by atoms with E-state index in [1.807, 2.05) is 77.5 Å². The number of benzene rings is 1. The normalized spacial score (nSPS) is 11.7. The number of nitrogens with one attached hydrogen (secondary N) is 1. The summed E-state index contributed by atoms with van der Waals surface area (Å²) < 4.78 is 1.94. The van der Waals surface area contributed by atoms with Gasteiger partial charge >= 0.3 is 0 Å². The molecule has 0 unspecified atom stereocenters. The summed E-state index contributed by atoms with van der Waals surface area (Å²) in [6.45, 7) is 2.54. The molecule has 0 aliphatic rings. The lowest BCUT2D eigenvalue weighted by Gasteiger charge is -2.08. The Morgan fingerprint density at radius 3 is 2.89 bits per heavy atom. The van der Waals surface area contributed by atoms with Gasteiger partial charge in [0.05, 0.1) is 5.57 Å². The molecule has 0 atom stereocenters. The summed E-state index contributed by atoms with van der Waals surface area (Å²) in [7, 11) is 0. The summed E-state index contributed by atoms with van der Waals surface area (Å²) in [5.74, 6) is 0.744. The van der Waals surface area contributed by atoms with Gasteiger partial charge in [0.2, 0.25) is 0 Å². The van der Waals surface area contributed by atoms with Crippen LogP contribution in [-0.2, 0) is 11.2 Å². The van der Waals surface area contributed by atoms with Gasteiger partial charge in [-0.05, 0) is 42.1 Å². The molecule has 140 valence electrons. The van der Waals surface area contributed by atoms with Crippen molar-refractivity contribution in [2.45, 2.75) is 13.3 Å². The summed E-state index contributed by atoms with van der Waals surface area (Å²) in [5.41, 5.74) is 3.66. The quantitative estimate of drug-likeness (QED) is 0.508. The summed E-state index contributed by atoms with van der Waals surface area (Å²) in [6, 6.07) is 17.8. The number of aromatic nitrogens is 3. The summed E-state index contributed by atoms with van der Waals surface area (Å²) in [5, 5.41) is 13.4. The highest BCUT2D eigenvalue weighted by molar-refractivity contribution is 7.11. The molecule has 28 heavy (non-hydrogen) atoms. The van der Waals surface area contributed by atoms with Crippen LogP contribution in [0.1, 0.15) is 21.8 Å². The Bertz CT molecular complexity index is 1130. The average molecular weight is 388 g/mol. The SMILES string of the molecule is Cc1cccc(/C=C(/C(=O)NCCc2nnc3ccccn23)c2cccs2)c1. The van der Waals surface area contributed by atoms with E-state index in [0.717, 1.165) is 21.9 Å². The number of amides is 1. The Balaban J connectivity index is 1.50. The molecule has 6 heteroatoms. The zero-order valence-electron chi connectivity index (χ0n) is 15.5. The third-order valence-electron chi connectivity index (χ3n) is 4.40. The number of fused-ring (bicyclic) bond motifs is 1. The zero-order chi connectivity index (χ0) is 19.3. The van der Waals surface area contributed by atoms with Gasteiger partial charge < -0.3 is 5.32 Å². The molecule has 0 radical (unpaired) electrons. The molecule has 4 rings (SSSR count). The van der Waals surface area contributed by atoms with Crippen molar-refractivity contribution in [3.05, 3.63) is 88.0 Å². The van der Waals surface area contributed by atoms with Crippen LogP contribution in [0.3, 0.4) is 0 Å². The number of carbonyl (C=O) groups is 1. The second kappa shape index (κ2) is 8.19. The Hall–Kier alpha value is -3.25. The third kappa shape index (κ3) is 4.02. The van der Waals surface area contributed by atoms with Gasteiger partial charge in [0.15, 0.2) is 5.65 Å². The number of hydrogen-bond donors (Lipinski definition) is 1. The molecule has 4 aromatic rings. The maximum absolute atomic E-state index is 12.9. The first-order chi connectivity index (χ1) is 13.7. The fourth-order valence-corrected chi connectivity index (χ4v) is 3.79. The molecule has 0 aliphatic carbocycles. The number of hydrogen-bond acceptors (Lipinski definition) is 4. The standard InChI is InChI=1S/C22H20N4OS/c1-16-6-4-7-17(14-16)15-18(19-8-5-13-28-19)22(27)23-11-10-21-25-24-20-9-2-3-12-26(20)21/h2-9,12-15H,10-11H2,1H3,(H,23,27)/b18-15+. The van der Waals surface area contributed by atoms with Crippen molar-refractivity contribution in [1.29, 1.82) is 0 Å². The van der Waals surface area contributed by atoms with Crippen LogP contribution < -0.4 is 5.32 Å². The van der Waals surface area contributed by atoms with Gasteiger partial charge in [0, 0.05) is 24.0 Å². The van der Waals surface area contributed by atoms with Crippen LogP contribution in [0.25, 0.3) is 17.3 Å². The molecule has 3 heterocycles. The van der Waals surface area contributed by atoms with Crippen LogP contribution >= 0.6 is 11.3 Å². The molecule has 0 fully saturated rings. The molecule has 1 aromatic carbocycles. The van der Waals surface area contributed by atoms with Crippen molar-refractivity contribution in [3.63, 3.8) is 0 Å². The van der Waals surface area contributed by atoms with Crippen LogP contribution in [0.2, 0.25) is 0 Å². The van der Waals surface area contributed by atoms with Crippen molar-refractivity contribution < 1.29 is 4.79 Å². The molecule has 1 N–H and O–H groups in total. The van der Waals surface area contributed by atoms with Crippen molar-refractivity contribution in [1.82, 2.24) is 19.9 Å². The molecule has 0 spiro atoms. The molecule has 3 aromatic heterocycles. The van der Waals surface area contributed by atoms with Gasteiger partial charge in [0.25, 0.3) is 5.91 Å². The number of aryl methyl sites for hydroxylation is 1. The number of thiophene rings is 1. The first-order valence-electron chi connectivity index (χ1n) is 9.10. The topological polar surface area (TPSA) is 59.3 Å². The van der Waals surface area contributed by atoms with Crippen molar-refractivity contribution in [2.75, 3.05) is 6.54 Å². The highest BCUT2D eigenvalue weighted by Gasteiger charge is 2.14. The first kappa shape index (κ1) is 18.1. The second-order valence-electron chi connectivity index (χ2n) is 6.50. The second-order valence-corrected chi connectivity index (χ2v) is 7.45. The predicted molar refractivity (Wildman–Crippen MR) is 113 cm³/mol. The Kier molecular flexibility index (Phi) is 5.30. The van der Waals surface area contributed by atoms with E-state index in [2.05, 4.69) is 21.6 Å². The fraction of sp³-hybridized carbons (Fsp3) is 0.136. The van der Waals surface area contributed by atoms with Gasteiger partial charge in [-0.25, -0.2) is 0 Å². The number of carbonyl (C=O) groups excluding carboxylic acids is 1. The van der Waals surface area contributed by atoms with E-state index < -0.39 is 0 Å². The van der Waals surface area contributed by atoms with Crippen LogP contribution in [0.5, 0.6) is 0 Å². The van der Waals surface area contributed by atoms with Gasteiger partial charge in [-0.2, -0.15) is 0 Å². The fourth-order valence-electron chi connectivity index (χ4n) is 3.05. The van der Waals surface area contributed by atoms with Crippen molar-refractivity contribution in [2.24, 2.45) is 0 Å². The minimum atomic E-state index is -0.0854. The smallest absolute Gasteiger partial charge is 0.252 e. The monoisotopic (exact) mass is 388 g/mol. The molecular weight excluding hydrogens is 368 g/mol. The van der Waals surface area contributed by atoms with Gasteiger partial charge in [0.1, 0.15) is 5.82 Å². The van der Waals surface area contributed by atoms with Gasteiger partial charge in [-0.1, -0.05) is 42.0 Å². The Morgan fingerprint density at radius 2 is 2.07 bits per heavy atom. The summed E-state index contributed by atoms with van der Waals surface area (Å²) >= 11 is 1.56. The van der Waals surface area contributed by atoms with E-state index in [9.17, 15) is 4.79 Å². The first-order valence-corrected chi connectivity index (χ1v) is 9.98. The molecule has 5 nitrogen and oxygen atoms in total. The summed E-state index contributed by atoms with van der Waals surface area (Å²) in [6.07, 6.45) is 4.49. The zero-order valence-corrected chi connectivity index (χ0v) is 16.3. The van der Waals surface area contributed by atoms with Gasteiger partial charge in [-0.3, -0.25) is 9.20 Å². The van der Waals surface area contributed by atoms with Crippen LogP contribution in [-0.4, -0.2) is 27.0 Å². The van der Waals surface area contributed by atoms with Crippen LogP contribution in [0.15, 0.2) is 66.2 Å². The molecule has 0 saturated heterocycles. The summed E-state index contributed by atoms with van der Waals surface area (Å²) in [4.78, 5) is 13.9. The molecule has 0 saturated carbocycles. The van der Waals surface area contributed by atoms with E-state index in [0.29, 0.717) is 18.5 Å². The van der Waals surface area contributed by atoms with E-state index in [-0.39, 0.29) is 5.91 Å². The van der Waals surface area contributed by atoms with Gasteiger partial charge in [-0.15, -0.1) is 21.5 Å². The Morgan fingerprint density at radius 1 is 1.14 bits per heavy atom. The Labute approximate surface area is 167 Å². The lowest BCUT2D eigenvalue weighted by Crippen LogP contribution is -2.26. The minimum Gasteiger partial charge on any atom is -0.352 e. The highest BCUT2D eigenvalue weighted by atomic mass is 32.1. The number of nitrogens with zero attached hydrogens (tertiary/aromatic N) is 3. The number of pyridine rings is 1.